The number of nitrogens with zero attached hydrogens (tertiary/aromatic N) is 1. The van der Waals surface area contributed by atoms with Crippen LogP contribution in [0.1, 0.15) is 25.3 Å². The van der Waals surface area contributed by atoms with E-state index in [1.165, 1.54) is 0 Å². The van der Waals surface area contributed by atoms with Gasteiger partial charge in [0.2, 0.25) is 10.0 Å². The third kappa shape index (κ3) is 3.08. The van der Waals surface area contributed by atoms with E-state index >= 15 is 0 Å². The lowest BCUT2D eigenvalue weighted by Crippen LogP contribution is -2.49. The maximum absolute atomic E-state index is 12.8. The van der Waals surface area contributed by atoms with Crippen LogP contribution in [0, 0.1) is 12.8 Å². The molecule has 0 aliphatic carbocycles. The van der Waals surface area contributed by atoms with Crippen molar-refractivity contribution >= 4 is 26.0 Å². The SMILES string of the molecule is Cc1ccc(S(=O)(=O)N2CCC(C)CC2CN)c(Br)c1. The maximum Gasteiger partial charge on any atom is 0.244 e. The van der Waals surface area contributed by atoms with Crippen LogP contribution in [0.25, 0.3) is 0 Å². The quantitative estimate of drug-likeness (QED) is 0.900. The van der Waals surface area contributed by atoms with Gasteiger partial charge in [-0.05, 0) is 59.3 Å². The third-order valence-electron chi connectivity index (χ3n) is 3.87. The fourth-order valence-electron chi connectivity index (χ4n) is 2.70. The van der Waals surface area contributed by atoms with Gasteiger partial charge in [-0.25, -0.2) is 8.42 Å². The van der Waals surface area contributed by atoms with Crippen LogP contribution in [0.2, 0.25) is 0 Å². The van der Waals surface area contributed by atoms with Crippen molar-refractivity contribution in [2.75, 3.05) is 13.1 Å². The second-order valence-electron chi connectivity index (χ2n) is 5.57. The fourth-order valence-corrected chi connectivity index (χ4v) is 5.52. The summed E-state index contributed by atoms with van der Waals surface area (Å²) in [6.45, 7) is 5.00. The Morgan fingerprint density at radius 3 is 2.75 bits per heavy atom. The Morgan fingerprint density at radius 2 is 2.15 bits per heavy atom. The van der Waals surface area contributed by atoms with Gasteiger partial charge < -0.3 is 5.73 Å². The molecule has 2 rings (SSSR count). The molecule has 0 bridgehead atoms. The average Bonchev–Trinajstić information content (AvgIpc) is 2.37. The number of hydrogen-bond acceptors (Lipinski definition) is 3. The summed E-state index contributed by atoms with van der Waals surface area (Å²) in [7, 11) is -3.49. The summed E-state index contributed by atoms with van der Waals surface area (Å²) in [5.41, 5.74) is 6.80. The lowest BCUT2D eigenvalue weighted by molar-refractivity contribution is 0.211. The van der Waals surface area contributed by atoms with Crippen molar-refractivity contribution in [2.45, 2.75) is 37.6 Å². The Balaban J connectivity index is 2.38. The molecule has 4 nitrogen and oxygen atoms in total. The molecule has 0 radical (unpaired) electrons. The summed E-state index contributed by atoms with van der Waals surface area (Å²) in [6.07, 6.45) is 1.72. The molecule has 0 saturated carbocycles. The molecule has 2 N–H and O–H groups in total. The Kier molecular flexibility index (Phi) is 4.89. The maximum atomic E-state index is 12.8. The zero-order valence-corrected chi connectivity index (χ0v) is 14.2. The summed E-state index contributed by atoms with van der Waals surface area (Å²) >= 11 is 3.37. The first-order valence-corrected chi connectivity index (χ1v) is 9.07. The van der Waals surface area contributed by atoms with Crippen LogP contribution in [-0.2, 0) is 10.0 Å². The largest absolute Gasteiger partial charge is 0.329 e. The van der Waals surface area contributed by atoms with Crippen molar-refractivity contribution < 1.29 is 8.42 Å². The van der Waals surface area contributed by atoms with Gasteiger partial charge in [0.25, 0.3) is 0 Å². The van der Waals surface area contributed by atoms with Gasteiger partial charge in [-0.2, -0.15) is 4.31 Å². The summed E-state index contributed by atoms with van der Waals surface area (Å²) in [6, 6.07) is 5.22. The van der Waals surface area contributed by atoms with E-state index in [0.717, 1.165) is 18.4 Å². The van der Waals surface area contributed by atoms with Crippen molar-refractivity contribution in [1.29, 1.82) is 0 Å². The minimum atomic E-state index is -3.49. The van der Waals surface area contributed by atoms with Crippen LogP contribution in [0.4, 0.5) is 0 Å². The number of benzene rings is 1. The highest BCUT2D eigenvalue weighted by Gasteiger charge is 2.35. The molecule has 112 valence electrons. The zero-order valence-electron chi connectivity index (χ0n) is 11.8. The number of rotatable bonds is 3. The van der Waals surface area contributed by atoms with Crippen molar-refractivity contribution in [3.05, 3.63) is 28.2 Å². The smallest absolute Gasteiger partial charge is 0.244 e. The van der Waals surface area contributed by atoms with E-state index in [1.54, 1.807) is 10.4 Å². The van der Waals surface area contributed by atoms with Gasteiger partial charge in [-0.15, -0.1) is 0 Å². The highest BCUT2D eigenvalue weighted by Crippen LogP contribution is 2.31. The van der Waals surface area contributed by atoms with Crippen LogP contribution in [-0.4, -0.2) is 31.9 Å². The number of aryl methyl sites for hydroxylation is 1. The predicted octanol–water partition coefficient (Wildman–Crippen LogP) is 2.51. The summed E-state index contributed by atoms with van der Waals surface area (Å²) in [5, 5.41) is 0. The molecule has 1 aliphatic heterocycles. The minimum Gasteiger partial charge on any atom is -0.329 e. The molecule has 1 saturated heterocycles. The standard InChI is InChI=1S/C14H21BrN2O2S/c1-10-3-4-14(13(15)8-10)20(18,19)17-6-5-11(2)7-12(17)9-16/h3-4,8,11-12H,5-7,9,16H2,1-2H3. The van der Waals surface area contributed by atoms with E-state index < -0.39 is 10.0 Å². The molecule has 2 unspecified atom stereocenters. The van der Waals surface area contributed by atoms with Crippen LogP contribution < -0.4 is 5.73 Å². The molecule has 2 atom stereocenters. The second-order valence-corrected chi connectivity index (χ2v) is 8.28. The predicted molar refractivity (Wildman–Crippen MR) is 84.0 cm³/mol. The van der Waals surface area contributed by atoms with E-state index in [4.69, 9.17) is 5.73 Å². The van der Waals surface area contributed by atoms with Crippen molar-refractivity contribution in [2.24, 2.45) is 11.7 Å². The summed E-state index contributed by atoms with van der Waals surface area (Å²) in [4.78, 5) is 0.330. The molecule has 0 aromatic heterocycles. The second kappa shape index (κ2) is 6.13. The number of nitrogens with two attached hydrogens (primary N) is 1. The van der Waals surface area contributed by atoms with E-state index in [0.29, 0.717) is 28.4 Å². The molecule has 1 aromatic rings. The van der Waals surface area contributed by atoms with Gasteiger partial charge in [0.05, 0.1) is 4.90 Å². The highest BCUT2D eigenvalue weighted by atomic mass is 79.9. The lowest BCUT2D eigenvalue weighted by Gasteiger charge is -2.37. The van der Waals surface area contributed by atoms with Gasteiger partial charge >= 0.3 is 0 Å². The summed E-state index contributed by atoms with van der Waals surface area (Å²) in [5.74, 6) is 0.524. The van der Waals surface area contributed by atoms with Crippen molar-refractivity contribution in [3.63, 3.8) is 0 Å². The molecule has 0 amide bonds. The number of hydrogen-bond donors (Lipinski definition) is 1. The topological polar surface area (TPSA) is 63.4 Å². The van der Waals surface area contributed by atoms with Gasteiger partial charge in [-0.1, -0.05) is 13.0 Å². The molecule has 6 heteroatoms. The normalized spacial score (nSPS) is 24.8. The first-order valence-electron chi connectivity index (χ1n) is 6.84. The minimum absolute atomic E-state index is 0.100. The molecule has 1 aliphatic rings. The Bertz CT molecular complexity index is 589. The lowest BCUT2D eigenvalue weighted by atomic mass is 9.94. The highest BCUT2D eigenvalue weighted by molar-refractivity contribution is 9.10. The van der Waals surface area contributed by atoms with Gasteiger partial charge in [-0.3, -0.25) is 0 Å². The third-order valence-corrected chi connectivity index (χ3v) is 6.80. The van der Waals surface area contributed by atoms with Crippen LogP contribution in [0.3, 0.4) is 0 Å². The van der Waals surface area contributed by atoms with Gasteiger partial charge in [0, 0.05) is 23.6 Å². The van der Waals surface area contributed by atoms with Crippen LogP contribution in [0.15, 0.2) is 27.6 Å². The molecule has 1 heterocycles. The van der Waals surface area contributed by atoms with Crippen molar-refractivity contribution in [1.82, 2.24) is 4.31 Å². The van der Waals surface area contributed by atoms with Crippen molar-refractivity contribution in [3.8, 4) is 0 Å². The average molecular weight is 361 g/mol. The van der Waals surface area contributed by atoms with E-state index in [-0.39, 0.29) is 6.04 Å². The molecular formula is C14H21BrN2O2S. The number of halogens is 1. The molecule has 20 heavy (non-hydrogen) atoms. The van der Waals surface area contributed by atoms with Gasteiger partial charge in [0.15, 0.2) is 0 Å². The summed E-state index contributed by atoms with van der Waals surface area (Å²) < 4.78 is 27.9. The molecule has 0 spiro atoms. The number of sulfonamides is 1. The monoisotopic (exact) mass is 360 g/mol. The number of piperidine rings is 1. The van der Waals surface area contributed by atoms with E-state index in [9.17, 15) is 8.42 Å². The molecule has 1 fully saturated rings. The van der Waals surface area contributed by atoms with E-state index in [2.05, 4.69) is 22.9 Å². The zero-order chi connectivity index (χ0) is 14.9. The molecule has 1 aromatic carbocycles. The fraction of sp³-hybridized carbons (Fsp3) is 0.571. The Labute approximate surface area is 129 Å². The Hall–Kier alpha value is -0.430. The first-order chi connectivity index (χ1) is 9.36. The first kappa shape index (κ1) is 15.9. The Morgan fingerprint density at radius 1 is 1.45 bits per heavy atom. The molecular weight excluding hydrogens is 340 g/mol. The van der Waals surface area contributed by atoms with Crippen LogP contribution in [0.5, 0.6) is 0 Å². The van der Waals surface area contributed by atoms with E-state index in [1.807, 2.05) is 19.1 Å². The van der Waals surface area contributed by atoms with Gasteiger partial charge in [0.1, 0.15) is 0 Å². The van der Waals surface area contributed by atoms with Crippen LogP contribution >= 0.6 is 15.9 Å².